The summed E-state index contributed by atoms with van der Waals surface area (Å²) >= 11 is 13.6. The Balaban J connectivity index is 1.67. The molecule has 0 N–H and O–H groups in total. The van der Waals surface area contributed by atoms with Crippen molar-refractivity contribution in [3.05, 3.63) is 78.5 Å². The number of fused-ring (bicyclic) bond motifs is 2. The highest BCUT2D eigenvalue weighted by Gasteiger charge is 2.19. The highest BCUT2D eigenvalue weighted by molar-refractivity contribution is 7.15. The van der Waals surface area contributed by atoms with Crippen LogP contribution in [0.3, 0.4) is 0 Å². The van der Waals surface area contributed by atoms with E-state index < -0.39 is 0 Å². The molecule has 3 aromatic heterocycles. The first kappa shape index (κ1) is 17.4. The lowest BCUT2D eigenvalue weighted by Gasteiger charge is -1.99. The summed E-state index contributed by atoms with van der Waals surface area (Å²) in [6.45, 7) is 1.95. The van der Waals surface area contributed by atoms with Crippen molar-refractivity contribution < 1.29 is 4.42 Å². The smallest absolute Gasteiger partial charge is 0.291 e. The Kier molecular flexibility index (Phi) is 4.01. The van der Waals surface area contributed by atoms with Crippen molar-refractivity contribution in [1.82, 2.24) is 14.6 Å². The summed E-state index contributed by atoms with van der Waals surface area (Å²) in [4.78, 5) is 17.8. The van der Waals surface area contributed by atoms with E-state index >= 15 is 0 Å². The van der Waals surface area contributed by atoms with Crippen molar-refractivity contribution in [3.63, 3.8) is 0 Å². The summed E-state index contributed by atoms with van der Waals surface area (Å²) in [5.41, 5.74) is 2.03. The lowest BCUT2D eigenvalue weighted by atomic mass is 10.1. The molecular formula is C20H11Cl2N3O2S. The topological polar surface area (TPSA) is 60.4 Å². The van der Waals surface area contributed by atoms with E-state index in [1.54, 1.807) is 24.3 Å². The van der Waals surface area contributed by atoms with Crippen LogP contribution in [0.2, 0.25) is 10.0 Å². The molecule has 5 rings (SSSR count). The molecule has 5 aromatic rings. The minimum absolute atomic E-state index is 0.275. The zero-order chi connectivity index (χ0) is 19.4. The maximum absolute atomic E-state index is 12.8. The van der Waals surface area contributed by atoms with E-state index in [0.717, 1.165) is 16.5 Å². The number of halogens is 2. The van der Waals surface area contributed by atoms with Crippen molar-refractivity contribution in [1.29, 1.82) is 0 Å². The van der Waals surface area contributed by atoms with E-state index in [4.69, 9.17) is 27.6 Å². The monoisotopic (exact) mass is 427 g/mol. The SMILES string of the molecule is Cc1c(-c2nc3sc(=Cc4c(Cl)cccc4Cl)c(=O)n3n2)oc2ccccc12. The minimum atomic E-state index is -0.275. The second-order valence-corrected chi connectivity index (χ2v) is 8.06. The average molecular weight is 428 g/mol. The van der Waals surface area contributed by atoms with E-state index in [0.29, 0.717) is 36.7 Å². The first-order valence-corrected chi connectivity index (χ1v) is 9.94. The van der Waals surface area contributed by atoms with Gasteiger partial charge >= 0.3 is 0 Å². The van der Waals surface area contributed by atoms with Crippen LogP contribution in [0.25, 0.3) is 33.6 Å². The summed E-state index contributed by atoms with van der Waals surface area (Å²) < 4.78 is 7.64. The Hall–Kier alpha value is -2.67. The molecule has 0 aliphatic heterocycles. The van der Waals surface area contributed by atoms with Gasteiger partial charge in [0.2, 0.25) is 10.8 Å². The highest BCUT2D eigenvalue weighted by atomic mass is 35.5. The number of aromatic nitrogens is 3. The summed E-state index contributed by atoms with van der Waals surface area (Å²) in [7, 11) is 0. The summed E-state index contributed by atoms with van der Waals surface area (Å²) in [5, 5.41) is 6.32. The summed E-state index contributed by atoms with van der Waals surface area (Å²) in [6.07, 6.45) is 1.67. The number of hydrogen-bond acceptors (Lipinski definition) is 5. The van der Waals surface area contributed by atoms with Crippen molar-refractivity contribution in [2.75, 3.05) is 0 Å². The molecule has 0 amide bonds. The molecule has 0 aliphatic carbocycles. The van der Waals surface area contributed by atoms with Crippen LogP contribution < -0.4 is 10.1 Å². The van der Waals surface area contributed by atoms with Crippen LogP contribution in [-0.4, -0.2) is 14.6 Å². The maximum Gasteiger partial charge on any atom is 0.291 e. The molecule has 28 heavy (non-hydrogen) atoms. The van der Waals surface area contributed by atoms with Gasteiger partial charge in [-0.2, -0.15) is 9.50 Å². The number of furan rings is 1. The number of nitrogens with zero attached hydrogens (tertiary/aromatic N) is 3. The van der Waals surface area contributed by atoms with Crippen LogP contribution in [0.5, 0.6) is 0 Å². The quantitative estimate of drug-likeness (QED) is 0.408. The zero-order valence-electron chi connectivity index (χ0n) is 14.4. The first-order valence-electron chi connectivity index (χ1n) is 8.37. The molecule has 0 bridgehead atoms. The Bertz CT molecular complexity index is 1460. The van der Waals surface area contributed by atoms with Crippen molar-refractivity contribution in [3.8, 4) is 11.6 Å². The Morgan fingerprint density at radius 3 is 2.57 bits per heavy atom. The van der Waals surface area contributed by atoms with E-state index in [9.17, 15) is 4.79 Å². The normalized spacial score (nSPS) is 12.5. The van der Waals surface area contributed by atoms with Gasteiger partial charge in [-0.15, -0.1) is 5.10 Å². The first-order chi connectivity index (χ1) is 13.5. The van der Waals surface area contributed by atoms with Crippen LogP contribution in [0.15, 0.2) is 51.7 Å². The minimum Gasteiger partial charge on any atom is -0.452 e. The van der Waals surface area contributed by atoms with Gasteiger partial charge in [-0.05, 0) is 31.2 Å². The zero-order valence-corrected chi connectivity index (χ0v) is 16.8. The molecule has 3 heterocycles. The van der Waals surface area contributed by atoms with Gasteiger partial charge in [-0.25, -0.2) is 0 Å². The lowest BCUT2D eigenvalue weighted by Crippen LogP contribution is -2.23. The second kappa shape index (κ2) is 6.44. The van der Waals surface area contributed by atoms with E-state index in [2.05, 4.69) is 10.1 Å². The molecule has 0 spiro atoms. The van der Waals surface area contributed by atoms with E-state index in [1.165, 1.54) is 15.9 Å². The van der Waals surface area contributed by atoms with E-state index in [-0.39, 0.29) is 5.56 Å². The van der Waals surface area contributed by atoms with Gasteiger partial charge in [-0.3, -0.25) is 4.79 Å². The van der Waals surface area contributed by atoms with Gasteiger partial charge in [0.15, 0.2) is 5.76 Å². The van der Waals surface area contributed by atoms with Crippen molar-refractivity contribution in [2.45, 2.75) is 6.92 Å². The number of benzene rings is 2. The summed E-state index contributed by atoms with van der Waals surface area (Å²) in [6, 6.07) is 12.9. The Morgan fingerprint density at radius 1 is 1.11 bits per heavy atom. The van der Waals surface area contributed by atoms with Crippen molar-refractivity contribution in [2.24, 2.45) is 0 Å². The second-order valence-electron chi connectivity index (χ2n) is 6.23. The third kappa shape index (κ3) is 2.64. The third-order valence-corrected chi connectivity index (χ3v) is 6.12. The van der Waals surface area contributed by atoms with Gasteiger partial charge in [0.25, 0.3) is 5.56 Å². The fourth-order valence-corrected chi connectivity index (χ4v) is 4.49. The molecule has 5 nitrogen and oxygen atoms in total. The molecule has 138 valence electrons. The standard InChI is InChI=1S/C20H11Cl2N3O2S/c1-10-11-5-2-3-8-15(11)27-17(10)18-23-20-25(24-18)19(26)16(28-20)9-12-13(21)6-4-7-14(12)22/h2-9H,1H3. The molecule has 0 saturated heterocycles. The van der Waals surface area contributed by atoms with Gasteiger partial charge in [-0.1, -0.05) is 58.8 Å². The summed E-state index contributed by atoms with van der Waals surface area (Å²) in [5.74, 6) is 0.954. The molecule has 0 radical (unpaired) electrons. The fraction of sp³-hybridized carbons (Fsp3) is 0.0500. The highest BCUT2D eigenvalue weighted by Crippen LogP contribution is 2.31. The number of aryl methyl sites for hydroxylation is 1. The largest absolute Gasteiger partial charge is 0.452 e. The average Bonchev–Trinajstić information content (AvgIpc) is 3.32. The molecular weight excluding hydrogens is 417 g/mol. The van der Waals surface area contributed by atoms with Crippen LogP contribution in [-0.2, 0) is 0 Å². The predicted octanol–water partition coefficient (Wildman–Crippen LogP) is 4.73. The number of para-hydroxylation sites is 1. The molecule has 0 saturated carbocycles. The van der Waals surface area contributed by atoms with Crippen LogP contribution in [0.4, 0.5) is 0 Å². The van der Waals surface area contributed by atoms with Gasteiger partial charge in [0, 0.05) is 26.6 Å². The fourth-order valence-electron chi connectivity index (χ4n) is 3.10. The maximum atomic E-state index is 12.8. The molecule has 8 heteroatoms. The van der Waals surface area contributed by atoms with Gasteiger partial charge in [0.1, 0.15) is 5.58 Å². The van der Waals surface area contributed by atoms with Crippen LogP contribution in [0, 0.1) is 6.92 Å². The number of hydrogen-bond donors (Lipinski definition) is 0. The predicted molar refractivity (Wildman–Crippen MR) is 112 cm³/mol. The molecule has 0 aliphatic rings. The number of thiazole rings is 1. The van der Waals surface area contributed by atoms with Crippen molar-refractivity contribution >= 4 is 56.5 Å². The van der Waals surface area contributed by atoms with Gasteiger partial charge < -0.3 is 4.42 Å². The molecule has 0 unspecified atom stereocenters. The Labute approximate surface area is 172 Å². The Morgan fingerprint density at radius 2 is 1.86 bits per heavy atom. The third-order valence-electron chi connectivity index (χ3n) is 4.50. The van der Waals surface area contributed by atoms with E-state index in [1.807, 2.05) is 31.2 Å². The number of rotatable bonds is 2. The van der Waals surface area contributed by atoms with Gasteiger partial charge in [0.05, 0.1) is 4.53 Å². The molecule has 2 aromatic carbocycles. The molecule has 0 fully saturated rings. The van der Waals surface area contributed by atoms with Crippen LogP contribution >= 0.6 is 34.5 Å². The molecule has 0 atom stereocenters. The van der Waals surface area contributed by atoms with Crippen LogP contribution in [0.1, 0.15) is 11.1 Å². The lowest BCUT2D eigenvalue weighted by molar-refractivity contribution is 0.622.